The SMILES string of the molecule is Cc1ccc(CCCNC(=O)CCc2ccc(Cl)c(Cl)c2)cc1. The van der Waals surface area contributed by atoms with Crippen LogP contribution in [0.1, 0.15) is 29.5 Å². The molecule has 0 aromatic heterocycles. The first-order valence-corrected chi connectivity index (χ1v) is 8.56. The van der Waals surface area contributed by atoms with Gasteiger partial charge in [-0.2, -0.15) is 0 Å². The van der Waals surface area contributed by atoms with E-state index in [0.717, 1.165) is 18.4 Å². The molecule has 0 unspecified atom stereocenters. The Morgan fingerprint density at radius 1 is 0.957 bits per heavy atom. The first-order chi connectivity index (χ1) is 11.0. The standard InChI is InChI=1S/C19H21Cl2NO/c1-14-4-6-15(7-5-14)3-2-12-22-19(23)11-9-16-8-10-17(20)18(21)13-16/h4-8,10,13H,2-3,9,11-12H2,1H3,(H,22,23). The summed E-state index contributed by atoms with van der Waals surface area (Å²) in [4.78, 5) is 11.9. The monoisotopic (exact) mass is 349 g/mol. The fourth-order valence-electron chi connectivity index (χ4n) is 2.32. The minimum atomic E-state index is 0.0694. The Hall–Kier alpha value is -1.51. The van der Waals surface area contributed by atoms with Crippen molar-refractivity contribution in [3.8, 4) is 0 Å². The van der Waals surface area contributed by atoms with Crippen molar-refractivity contribution in [3.05, 3.63) is 69.2 Å². The molecule has 0 atom stereocenters. The van der Waals surface area contributed by atoms with Crippen LogP contribution in [-0.2, 0) is 17.6 Å². The second-order valence-corrected chi connectivity index (χ2v) is 6.50. The molecule has 23 heavy (non-hydrogen) atoms. The van der Waals surface area contributed by atoms with Gasteiger partial charge in [0.05, 0.1) is 10.0 Å². The van der Waals surface area contributed by atoms with Crippen molar-refractivity contribution in [2.24, 2.45) is 0 Å². The minimum absolute atomic E-state index is 0.0694. The van der Waals surface area contributed by atoms with Crippen molar-refractivity contribution in [2.75, 3.05) is 6.54 Å². The van der Waals surface area contributed by atoms with E-state index in [2.05, 4.69) is 36.5 Å². The van der Waals surface area contributed by atoms with Gasteiger partial charge in [0, 0.05) is 13.0 Å². The molecule has 0 saturated carbocycles. The fourth-order valence-corrected chi connectivity index (χ4v) is 2.64. The number of hydrogen-bond acceptors (Lipinski definition) is 1. The molecule has 0 saturated heterocycles. The molecule has 0 aliphatic rings. The Labute approximate surface area is 147 Å². The zero-order chi connectivity index (χ0) is 16.7. The van der Waals surface area contributed by atoms with Crippen LogP contribution in [0.4, 0.5) is 0 Å². The topological polar surface area (TPSA) is 29.1 Å². The summed E-state index contributed by atoms with van der Waals surface area (Å²) in [6, 6.07) is 14.0. The number of hydrogen-bond donors (Lipinski definition) is 1. The zero-order valence-electron chi connectivity index (χ0n) is 13.2. The maximum atomic E-state index is 11.9. The molecule has 2 aromatic rings. The molecule has 0 aliphatic carbocycles. The normalized spacial score (nSPS) is 10.6. The van der Waals surface area contributed by atoms with E-state index in [0.29, 0.717) is 29.4 Å². The van der Waals surface area contributed by atoms with Gasteiger partial charge in [-0.3, -0.25) is 4.79 Å². The number of halogens is 2. The van der Waals surface area contributed by atoms with Gasteiger partial charge >= 0.3 is 0 Å². The van der Waals surface area contributed by atoms with Gasteiger partial charge in [0.15, 0.2) is 0 Å². The van der Waals surface area contributed by atoms with E-state index in [-0.39, 0.29) is 5.91 Å². The third kappa shape index (κ3) is 6.25. The lowest BCUT2D eigenvalue weighted by atomic mass is 10.1. The first kappa shape index (κ1) is 17.8. The highest BCUT2D eigenvalue weighted by molar-refractivity contribution is 6.42. The smallest absolute Gasteiger partial charge is 0.220 e. The largest absolute Gasteiger partial charge is 0.356 e. The van der Waals surface area contributed by atoms with Gasteiger partial charge in [-0.05, 0) is 49.4 Å². The number of amides is 1. The highest BCUT2D eigenvalue weighted by Gasteiger charge is 2.04. The number of carbonyl (C=O) groups is 1. The lowest BCUT2D eigenvalue weighted by Crippen LogP contribution is -2.24. The number of nitrogens with one attached hydrogen (secondary N) is 1. The van der Waals surface area contributed by atoms with Crippen LogP contribution in [0.25, 0.3) is 0 Å². The molecule has 122 valence electrons. The van der Waals surface area contributed by atoms with E-state index in [1.54, 1.807) is 6.07 Å². The molecule has 0 radical (unpaired) electrons. The van der Waals surface area contributed by atoms with Crippen LogP contribution in [0, 0.1) is 6.92 Å². The van der Waals surface area contributed by atoms with Gasteiger partial charge in [-0.1, -0.05) is 59.1 Å². The highest BCUT2D eigenvalue weighted by Crippen LogP contribution is 2.23. The molecule has 0 bridgehead atoms. The van der Waals surface area contributed by atoms with Gasteiger partial charge < -0.3 is 5.32 Å². The van der Waals surface area contributed by atoms with E-state index >= 15 is 0 Å². The van der Waals surface area contributed by atoms with Crippen LogP contribution in [0.2, 0.25) is 10.0 Å². The molecular weight excluding hydrogens is 329 g/mol. The Kier molecular flexibility index (Phi) is 6.94. The second-order valence-electron chi connectivity index (χ2n) is 5.69. The highest BCUT2D eigenvalue weighted by atomic mass is 35.5. The van der Waals surface area contributed by atoms with Crippen LogP contribution in [0.5, 0.6) is 0 Å². The minimum Gasteiger partial charge on any atom is -0.356 e. The molecule has 2 rings (SSSR count). The summed E-state index contributed by atoms with van der Waals surface area (Å²) in [5.74, 6) is 0.0694. The van der Waals surface area contributed by atoms with Crippen molar-refractivity contribution >= 4 is 29.1 Å². The summed E-state index contributed by atoms with van der Waals surface area (Å²) in [6.45, 7) is 2.78. The van der Waals surface area contributed by atoms with Crippen LogP contribution >= 0.6 is 23.2 Å². The fraction of sp³-hybridized carbons (Fsp3) is 0.316. The molecule has 1 N–H and O–H groups in total. The van der Waals surface area contributed by atoms with Gasteiger partial charge in [-0.15, -0.1) is 0 Å². The molecular formula is C19H21Cl2NO. The van der Waals surface area contributed by atoms with Crippen molar-refractivity contribution in [1.82, 2.24) is 5.32 Å². The van der Waals surface area contributed by atoms with Crippen LogP contribution in [0.15, 0.2) is 42.5 Å². The first-order valence-electron chi connectivity index (χ1n) is 7.81. The van der Waals surface area contributed by atoms with Gasteiger partial charge in [-0.25, -0.2) is 0 Å². The number of carbonyl (C=O) groups excluding carboxylic acids is 1. The zero-order valence-corrected chi connectivity index (χ0v) is 14.8. The van der Waals surface area contributed by atoms with Gasteiger partial charge in [0.1, 0.15) is 0 Å². The maximum Gasteiger partial charge on any atom is 0.220 e. The summed E-state index contributed by atoms with van der Waals surface area (Å²) in [6.07, 6.45) is 3.05. The van der Waals surface area contributed by atoms with Crippen LogP contribution in [0.3, 0.4) is 0 Å². The quantitative estimate of drug-likeness (QED) is 0.701. The lowest BCUT2D eigenvalue weighted by Gasteiger charge is -2.06. The average molecular weight is 350 g/mol. The van der Waals surface area contributed by atoms with Crippen molar-refractivity contribution < 1.29 is 4.79 Å². The Balaban J connectivity index is 1.65. The van der Waals surface area contributed by atoms with E-state index in [1.807, 2.05) is 12.1 Å². The molecule has 0 fully saturated rings. The van der Waals surface area contributed by atoms with Crippen LogP contribution < -0.4 is 5.32 Å². The van der Waals surface area contributed by atoms with E-state index in [1.165, 1.54) is 11.1 Å². The predicted octanol–water partition coefficient (Wildman–Crippen LogP) is 4.98. The number of rotatable bonds is 7. The van der Waals surface area contributed by atoms with Crippen molar-refractivity contribution in [3.63, 3.8) is 0 Å². The lowest BCUT2D eigenvalue weighted by molar-refractivity contribution is -0.121. The molecule has 2 nitrogen and oxygen atoms in total. The Morgan fingerprint density at radius 3 is 2.35 bits per heavy atom. The molecule has 0 heterocycles. The van der Waals surface area contributed by atoms with Gasteiger partial charge in [0.2, 0.25) is 5.91 Å². The number of benzene rings is 2. The summed E-state index contributed by atoms with van der Waals surface area (Å²) < 4.78 is 0. The molecule has 0 aliphatic heterocycles. The molecule has 0 spiro atoms. The van der Waals surface area contributed by atoms with Crippen molar-refractivity contribution in [1.29, 1.82) is 0 Å². The van der Waals surface area contributed by atoms with Crippen molar-refractivity contribution in [2.45, 2.75) is 32.6 Å². The van der Waals surface area contributed by atoms with E-state index < -0.39 is 0 Å². The van der Waals surface area contributed by atoms with E-state index in [4.69, 9.17) is 23.2 Å². The van der Waals surface area contributed by atoms with Crippen LogP contribution in [-0.4, -0.2) is 12.5 Å². The average Bonchev–Trinajstić information content (AvgIpc) is 2.54. The third-order valence-electron chi connectivity index (χ3n) is 3.71. The summed E-state index contributed by atoms with van der Waals surface area (Å²) in [5.41, 5.74) is 3.60. The van der Waals surface area contributed by atoms with E-state index in [9.17, 15) is 4.79 Å². The molecule has 2 aromatic carbocycles. The van der Waals surface area contributed by atoms with Gasteiger partial charge in [0.25, 0.3) is 0 Å². The summed E-state index contributed by atoms with van der Waals surface area (Å²) >= 11 is 11.8. The maximum absolute atomic E-state index is 11.9. The second kappa shape index (κ2) is 8.95. The Bertz CT molecular complexity index is 653. The summed E-state index contributed by atoms with van der Waals surface area (Å²) in [5, 5.41) is 4.03. The predicted molar refractivity (Wildman–Crippen MR) is 97.3 cm³/mol. The molecule has 1 amide bonds. The number of aryl methyl sites for hydroxylation is 3. The molecule has 4 heteroatoms. The third-order valence-corrected chi connectivity index (χ3v) is 4.45. The Morgan fingerprint density at radius 2 is 1.65 bits per heavy atom. The summed E-state index contributed by atoms with van der Waals surface area (Å²) in [7, 11) is 0.